The molecular weight excluding hydrogens is 258 g/mol. The van der Waals surface area contributed by atoms with E-state index in [4.69, 9.17) is 0 Å². The van der Waals surface area contributed by atoms with Crippen LogP contribution in [0.1, 0.15) is 35.1 Å². The number of hydrogen-bond acceptors (Lipinski definition) is 3. The van der Waals surface area contributed by atoms with E-state index >= 15 is 0 Å². The molecule has 0 bridgehead atoms. The molecule has 0 aromatic heterocycles. The zero-order chi connectivity index (χ0) is 14.0. The van der Waals surface area contributed by atoms with Crippen LogP contribution in [0.3, 0.4) is 0 Å². The third kappa shape index (κ3) is 3.37. The summed E-state index contributed by atoms with van der Waals surface area (Å²) in [5, 5.41) is 3.14. The van der Waals surface area contributed by atoms with E-state index in [9.17, 15) is 8.42 Å². The van der Waals surface area contributed by atoms with E-state index in [1.807, 2.05) is 0 Å². The molecule has 1 N–H and O–H groups in total. The quantitative estimate of drug-likeness (QED) is 0.921. The Kier molecular flexibility index (Phi) is 4.31. The topological polar surface area (TPSA) is 46.2 Å². The van der Waals surface area contributed by atoms with Crippen molar-refractivity contribution in [1.82, 2.24) is 5.32 Å². The van der Waals surface area contributed by atoms with Gasteiger partial charge in [-0.1, -0.05) is 17.7 Å². The van der Waals surface area contributed by atoms with Crippen molar-refractivity contribution >= 4 is 9.84 Å². The van der Waals surface area contributed by atoms with E-state index in [2.05, 4.69) is 38.2 Å². The van der Waals surface area contributed by atoms with Crippen LogP contribution in [-0.2, 0) is 16.4 Å². The van der Waals surface area contributed by atoms with E-state index in [0.29, 0.717) is 12.3 Å². The third-order valence-electron chi connectivity index (χ3n) is 3.98. The number of aryl methyl sites for hydroxylation is 3. The minimum atomic E-state index is -2.83. The molecule has 19 heavy (non-hydrogen) atoms. The lowest BCUT2D eigenvalue weighted by Gasteiger charge is -2.14. The fourth-order valence-electron chi connectivity index (χ4n) is 2.93. The van der Waals surface area contributed by atoms with Crippen molar-refractivity contribution in [3.8, 4) is 0 Å². The van der Waals surface area contributed by atoms with Crippen LogP contribution in [-0.4, -0.2) is 26.0 Å². The standard InChI is InChI=1S/C15H23NO2S/c1-11-7-12(2)15(13(3)8-11)10-16-9-14-5-4-6-19(14,17)18/h7-8,14,16H,4-6,9-10H2,1-3H3. The average Bonchev–Trinajstić information content (AvgIpc) is 2.61. The maximum Gasteiger partial charge on any atom is 0.154 e. The summed E-state index contributed by atoms with van der Waals surface area (Å²) in [6, 6.07) is 4.35. The van der Waals surface area contributed by atoms with Crippen molar-refractivity contribution in [3.63, 3.8) is 0 Å². The minimum Gasteiger partial charge on any atom is -0.311 e. The fraction of sp³-hybridized carbons (Fsp3) is 0.600. The largest absolute Gasteiger partial charge is 0.311 e. The lowest BCUT2D eigenvalue weighted by Crippen LogP contribution is -2.30. The van der Waals surface area contributed by atoms with Crippen molar-refractivity contribution in [2.24, 2.45) is 0 Å². The second-order valence-corrected chi connectivity index (χ2v) is 8.04. The highest BCUT2D eigenvalue weighted by Gasteiger charge is 2.30. The molecule has 1 unspecified atom stereocenters. The highest BCUT2D eigenvalue weighted by Crippen LogP contribution is 2.20. The van der Waals surface area contributed by atoms with Crippen molar-refractivity contribution < 1.29 is 8.42 Å². The van der Waals surface area contributed by atoms with E-state index in [1.165, 1.54) is 22.3 Å². The van der Waals surface area contributed by atoms with Gasteiger partial charge < -0.3 is 5.32 Å². The summed E-state index contributed by atoms with van der Waals surface area (Å²) < 4.78 is 23.5. The average molecular weight is 281 g/mol. The van der Waals surface area contributed by atoms with Crippen molar-refractivity contribution in [1.29, 1.82) is 0 Å². The Morgan fingerprint density at radius 1 is 1.21 bits per heavy atom. The number of rotatable bonds is 4. The summed E-state index contributed by atoms with van der Waals surface area (Å²) in [7, 11) is -2.83. The normalized spacial score (nSPS) is 21.7. The number of hydrogen-bond donors (Lipinski definition) is 1. The predicted molar refractivity (Wildman–Crippen MR) is 79.2 cm³/mol. The third-order valence-corrected chi connectivity index (χ3v) is 6.25. The first-order chi connectivity index (χ1) is 8.90. The molecule has 1 aliphatic rings. The molecule has 2 rings (SSSR count). The van der Waals surface area contributed by atoms with E-state index in [1.54, 1.807) is 0 Å². The highest BCUT2D eigenvalue weighted by molar-refractivity contribution is 7.92. The number of sulfone groups is 1. The van der Waals surface area contributed by atoms with Gasteiger partial charge >= 0.3 is 0 Å². The monoisotopic (exact) mass is 281 g/mol. The molecule has 1 aromatic carbocycles. The van der Waals surface area contributed by atoms with Crippen LogP contribution in [0.2, 0.25) is 0 Å². The molecule has 1 saturated heterocycles. The summed E-state index contributed by atoms with van der Waals surface area (Å²) >= 11 is 0. The maximum absolute atomic E-state index is 11.7. The van der Waals surface area contributed by atoms with E-state index < -0.39 is 9.84 Å². The lowest BCUT2D eigenvalue weighted by molar-refractivity contribution is 0.573. The SMILES string of the molecule is Cc1cc(C)c(CNCC2CCCS2(=O)=O)c(C)c1. The van der Waals surface area contributed by atoms with Crippen LogP contribution in [0.5, 0.6) is 0 Å². The van der Waals surface area contributed by atoms with E-state index in [-0.39, 0.29) is 5.25 Å². The fourth-order valence-corrected chi connectivity index (χ4v) is 4.73. The molecule has 106 valence electrons. The van der Waals surface area contributed by atoms with Gasteiger partial charge in [-0.2, -0.15) is 0 Å². The first-order valence-electron chi connectivity index (χ1n) is 6.89. The number of nitrogens with one attached hydrogen (secondary N) is 1. The Balaban J connectivity index is 1.97. The lowest BCUT2D eigenvalue weighted by atomic mass is 10.00. The summed E-state index contributed by atoms with van der Waals surface area (Å²) in [5.74, 6) is 0.363. The van der Waals surface area contributed by atoms with Gasteiger partial charge in [-0.25, -0.2) is 8.42 Å². The predicted octanol–water partition coefficient (Wildman–Crippen LogP) is 2.28. The number of benzene rings is 1. The van der Waals surface area contributed by atoms with Gasteiger partial charge in [0, 0.05) is 13.1 Å². The van der Waals surface area contributed by atoms with Crippen molar-refractivity contribution in [3.05, 3.63) is 34.4 Å². The molecule has 0 spiro atoms. The van der Waals surface area contributed by atoms with Gasteiger partial charge in [0.15, 0.2) is 9.84 Å². The molecule has 0 saturated carbocycles. The highest BCUT2D eigenvalue weighted by atomic mass is 32.2. The van der Waals surface area contributed by atoms with Gasteiger partial charge in [0.05, 0.1) is 11.0 Å². The molecule has 1 heterocycles. The summed E-state index contributed by atoms with van der Waals surface area (Å²) in [6.07, 6.45) is 1.62. The Morgan fingerprint density at radius 3 is 2.37 bits per heavy atom. The first-order valence-corrected chi connectivity index (χ1v) is 8.60. The molecule has 0 amide bonds. The zero-order valence-corrected chi connectivity index (χ0v) is 12.8. The minimum absolute atomic E-state index is 0.182. The van der Waals surface area contributed by atoms with Gasteiger partial charge in [0.1, 0.15) is 0 Å². The van der Waals surface area contributed by atoms with E-state index in [0.717, 1.165) is 19.4 Å². The Labute approximate surface area is 116 Å². The van der Waals surface area contributed by atoms with Crippen LogP contribution in [0.25, 0.3) is 0 Å². The molecule has 1 atom stereocenters. The van der Waals surface area contributed by atoms with Crippen LogP contribution >= 0.6 is 0 Å². The van der Waals surface area contributed by atoms with Crippen LogP contribution in [0.15, 0.2) is 12.1 Å². The molecule has 3 nitrogen and oxygen atoms in total. The zero-order valence-electron chi connectivity index (χ0n) is 12.0. The second kappa shape index (κ2) is 5.63. The summed E-state index contributed by atoms with van der Waals surface area (Å²) in [4.78, 5) is 0. The summed E-state index contributed by atoms with van der Waals surface area (Å²) in [6.45, 7) is 7.66. The Morgan fingerprint density at radius 2 is 1.84 bits per heavy atom. The first kappa shape index (κ1) is 14.5. The van der Waals surface area contributed by atoms with Gasteiger partial charge in [0.25, 0.3) is 0 Å². The van der Waals surface area contributed by atoms with Crippen molar-refractivity contribution in [2.45, 2.75) is 45.4 Å². The second-order valence-electron chi connectivity index (χ2n) is 5.64. The molecular formula is C15H23NO2S. The van der Waals surface area contributed by atoms with Crippen LogP contribution in [0, 0.1) is 20.8 Å². The van der Waals surface area contributed by atoms with Gasteiger partial charge in [-0.15, -0.1) is 0 Å². The molecule has 0 aliphatic carbocycles. The Hall–Kier alpha value is -0.870. The molecule has 1 aromatic rings. The Bertz CT molecular complexity index is 541. The van der Waals surface area contributed by atoms with Crippen LogP contribution < -0.4 is 5.32 Å². The molecule has 1 aliphatic heterocycles. The van der Waals surface area contributed by atoms with Gasteiger partial charge in [0.2, 0.25) is 0 Å². The molecule has 0 radical (unpaired) electrons. The maximum atomic E-state index is 11.7. The van der Waals surface area contributed by atoms with Crippen molar-refractivity contribution in [2.75, 3.05) is 12.3 Å². The molecule has 1 fully saturated rings. The smallest absolute Gasteiger partial charge is 0.154 e. The van der Waals surface area contributed by atoms with Crippen LogP contribution in [0.4, 0.5) is 0 Å². The van der Waals surface area contributed by atoms with Gasteiger partial charge in [-0.05, 0) is 50.3 Å². The molecule has 4 heteroatoms. The van der Waals surface area contributed by atoms with Gasteiger partial charge in [-0.3, -0.25) is 0 Å². The summed E-state index contributed by atoms with van der Waals surface area (Å²) in [5.41, 5.74) is 5.12.